The number of hydrazine groups is 1. The molecule has 90 valence electrons. The fourth-order valence-electron chi connectivity index (χ4n) is 1.80. The predicted octanol–water partition coefficient (Wildman–Crippen LogP) is 2.94. The maximum Gasteiger partial charge on any atom is 0.126 e. The molecule has 3 N–H and O–H groups in total. The van der Waals surface area contributed by atoms with Crippen LogP contribution in [0.25, 0.3) is 0 Å². The molecule has 0 bridgehead atoms. The number of benzene rings is 1. The number of aryl methyl sites for hydroxylation is 1. The minimum absolute atomic E-state index is 0.0446. The van der Waals surface area contributed by atoms with Crippen molar-refractivity contribution in [1.82, 2.24) is 5.43 Å². The van der Waals surface area contributed by atoms with Gasteiger partial charge in [-0.1, -0.05) is 18.2 Å². The lowest BCUT2D eigenvalue weighted by atomic mass is 10.0. The second-order valence-electron chi connectivity index (χ2n) is 4.01. The van der Waals surface area contributed by atoms with Gasteiger partial charge in [0.2, 0.25) is 0 Å². The van der Waals surface area contributed by atoms with E-state index in [4.69, 9.17) is 5.84 Å². The lowest BCUT2D eigenvalue weighted by Crippen LogP contribution is -2.29. The largest absolute Gasteiger partial charge is 0.271 e. The Hall–Kier alpha value is -1.23. The highest BCUT2D eigenvalue weighted by atomic mass is 32.1. The molecule has 1 heterocycles. The van der Waals surface area contributed by atoms with Crippen molar-refractivity contribution in [2.24, 2.45) is 5.84 Å². The van der Waals surface area contributed by atoms with Gasteiger partial charge in [0, 0.05) is 4.88 Å². The maximum absolute atomic E-state index is 13.5. The molecule has 0 saturated carbocycles. The van der Waals surface area contributed by atoms with Crippen LogP contribution in [0.4, 0.5) is 4.39 Å². The molecule has 1 atom stereocenters. The van der Waals surface area contributed by atoms with E-state index in [9.17, 15) is 4.39 Å². The first-order valence-corrected chi connectivity index (χ1v) is 6.33. The normalized spacial score (nSPS) is 12.6. The molecule has 0 radical (unpaired) electrons. The molecule has 0 spiro atoms. The van der Waals surface area contributed by atoms with Crippen LogP contribution in [-0.4, -0.2) is 0 Å². The predicted molar refractivity (Wildman–Crippen MR) is 69.2 cm³/mol. The molecule has 2 nitrogen and oxygen atoms in total. The van der Waals surface area contributed by atoms with E-state index in [1.54, 1.807) is 23.5 Å². The van der Waals surface area contributed by atoms with E-state index >= 15 is 0 Å². The summed E-state index contributed by atoms with van der Waals surface area (Å²) in [5, 5.41) is 2.06. The first-order valence-electron chi connectivity index (χ1n) is 5.45. The summed E-state index contributed by atoms with van der Waals surface area (Å²) in [4.78, 5) is 1.23. The quantitative estimate of drug-likeness (QED) is 0.647. The highest BCUT2D eigenvalue weighted by Crippen LogP contribution is 2.23. The van der Waals surface area contributed by atoms with E-state index in [0.29, 0.717) is 12.0 Å². The molecule has 0 amide bonds. The Kier molecular flexibility index (Phi) is 3.89. The zero-order valence-corrected chi connectivity index (χ0v) is 10.4. The minimum atomic E-state index is -0.181. The van der Waals surface area contributed by atoms with Crippen molar-refractivity contribution >= 4 is 11.3 Å². The number of hydrogen-bond acceptors (Lipinski definition) is 3. The van der Waals surface area contributed by atoms with Gasteiger partial charge in [-0.2, -0.15) is 0 Å². The van der Waals surface area contributed by atoms with Gasteiger partial charge in [0.05, 0.1) is 6.04 Å². The van der Waals surface area contributed by atoms with Crippen LogP contribution in [0.5, 0.6) is 0 Å². The van der Waals surface area contributed by atoms with E-state index in [1.165, 1.54) is 10.9 Å². The third-order valence-corrected chi connectivity index (χ3v) is 3.62. The van der Waals surface area contributed by atoms with Gasteiger partial charge in [-0.3, -0.25) is 11.3 Å². The van der Waals surface area contributed by atoms with Crippen LogP contribution in [0.15, 0.2) is 35.7 Å². The van der Waals surface area contributed by atoms with Crippen LogP contribution in [0.3, 0.4) is 0 Å². The highest BCUT2D eigenvalue weighted by Gasteiger charge is 2.13. The first-order chi connectivity index (χ1) is 8.20. The van der Waals surface area contributed by atoms with Gasteiger partial charge in [0.1, 0.15) is 5.82 Å². The van der Waals surface area contributed by atoms with E-state index in [0.717, 1.165) is 5.56 Å². The Balaban J connectivity index is 2.18. The summed E-state index contributed by atoms with van der Waals surface area (Å²) >= 11 is 1.67. The molecule has 1 aromatic carbocycles. The SMILES string of the molecule is Cc1cc(C(Cc2ccccc2F)NN)cs1. The second-order valence-corrected chi connectivity index (χ2v) is 5.12. The van der Waals surface area contributed by atoms with E-state index < -0.39 is 0 Å². The number of thiophene rings is 1. The first kappa shape index (κ1) is 12.2. The average Bonchev–Trinajstić information content (AvgIpc) is 2.75. The summed E-state index contributed by atoms with van der Waals surface area (Å²) in [6, 6.07) is 8.83. The third kappa shape index (κ3) is 2.91. The third-order valence-electron chi connectivity index (χ3n) is 2.74. The molecule has 4 heteroatoms. The van der Waals surface area contributed by atoms with Crippen molar-refractivity contribution in [3.8, 4) is 0 Å². The van der Waals surface area contributed by atoms with Crippen molar-refractivity contribution < 1.29 is 4.39 Å². The molecular formula is C13H15FN2S. The fraction of sp³-hybridized carbons (Fsp3) is 0.231. The summed E-state index contributed by atoms with van der Waals surface area (Å²) in [5.41, 5.74) is 4.54. The Bertz CT molecular complexity index is 496. The van der Waals surface area contributed by atoms with Crippen molar-refractivity contribution in [2.75, 3.05) is 0 Å². The van der Waals surface area contributed by atoms with Gasteiger partial charge in [0.25, 0.3) is 0 Å². The molecule has 0 aliphatic rings. The maximum atomic E-state index is 13.5. The van der Waals surface area contributed by atoms with Gasteiger partial charge < -0.3 is 0 Å². The topological polar surface area (TPSA) is 38.0 Å². The molecule has 17 heavy (non-hydrogen) atoms. The summed E-state index contributed by atoms with van der Waals surface area (Å²) < 4.78 is 13.5. The molecule has 0 fully saturated rings. The molecule has 2 aromatic rings. The number of hydrogen-bond donors (Lipinski definition) is 2. The summed E-state index contributed by atoms with van der Waals surface area (Å²) in [6.07, 6.45) is 0.555. The van der Waals surface area contributed by atoms with Gasteiger partial charge in [-0.05, 0) is 42.0 Å². The van der Waals surface area contributed by atoms with Crippen LogP contribution in [0, 0.1) is 12.7 Å². The zero-order chi connectivity index (χ0) is 12.3. The Morgan fingerprint density at radius 3 is 2.76 bits per heavy atom. The van der Waals surface area contributed by atoms with Crippen molar-refractivity contribution in [1.29, 1.82) is 0 Å². The minimum Gasteiger partial charge on any atom is -0.271 e. The fourth-order valence-corrected chi connectivity index (χ4v) is 2.56. The summed E-state index contributed by atoms with van der Waals surface area (Å²) in [7, 11) is 0. The van der Waals surface area contributed by atoms with Crippen LogP contribution in [-0.2, 0) is 6.42 Å². The molecule has 0 aliphatic carbocycles. The Morgan fingerprint density at radius 2 is 2.18 bits per heavy atom. The van der Waals surface area contributed by atoms with Gasteiger partial charge >= 0.3 is 0 Å². The number of rotatable bonds is 4. The Morgan fingerprint density at radius 1 is 1.41 bits per heavy atom. The second kappa shape index (κ2) is 5.40. The number of halogens is 1. The van der Waals surface area contributed by atoms with E-state index in [1.807, 2.05) is 13.0 Å². The van der Waals surface area contributed by atoms with Gasteiger partial charge in [0.15, 0.2) is 0 Å². The van der Waals surface area contributed by atoms with Gasteiger partial charge in [-0.15, -0.1) is 11.3 Å². The molecule has 1 aromatic heterocycles. The van der Waals surface area contributed by atoms with Gasteiger partial charge in [-0.25, -0.2) is 4.39 Å². The van der Waals surface area contributed by atoms with Crippen LogP contribution < -0.4 is 11.3 Å². The average molecular weight is 250 g/mol. The monoisotopic (exact) mass is 250 g/mol. The summed E-state index contributed by atoms with van der Waals surface area (Å²) in [6.45, 7) is 2.05. The van der Waals surface area contributed by atoms with Crippen molar-refractivity contribution in [3.63, 3.8) is 0 Å². The molecule has 2 rings (SSSR count). The van der Waals surface area contributed by atoms with Crippen LogP contribution in [0.2, 0.25) is 0 Å². The summed E-state index contributed by atoms with van der Waals surface area (Å²) in [5.74, 6) is 5.36. The van der Waals surface area contributed by atoms with Crippen LogP contribution in [0.1, 0.15) is 22.0 Å². The smallest absolute Gasteiger partial charge is 0.126 e. The highest BCUT2D eigenvalue weighted by molar-refractivity contribution is 7.10. The molecule has 1 unspecified atom stereocenters. The van der Waals surface area contributed by atoms with E-state index in [2.05, 4.69) is 16.9 Å². The standard InChI is InChI=1S/C13H15FN2S/c1-9-6-11(8-17-9)13(16-15)7-10-4-2-3-5-12(10)14/h2-6,8,13,16H,7,15H2,1H3. The molecular weight excluding hydrogens is 235 g/mol. The lowest BCUT2D eigenvalue weighted by Gasteiger charge is -2.15. The Labute approximate surface area is 104 Å². The van der Waals surface area contributed by atoms with Crippen LogP contribution >= 0.6 is 11.3 Å². The lowest BCUT2D eigenvalue weighted by molar-refractivity contribution is 0.530. The number of nitrogens with two attached hydrogens (primary N) is 1. The molecule has 0 saturated heterocycles. The van der Waals surface area contributed by atoms with E-state index in [-0.39, 0.29) is 11.9 Å². The van der Waals surface area contributed by atoms with Crippen molar-refractivity contribution in [3.05, 3.63) is 57.5 Å². The van der Waals surface area contributed by atoms with Crippen molar-refractivity contribution in [2.45, 2.75) is 19.4 Å². The zero-order valence-electron chi connectivity index (χ0n) is 9.61. The number of nitrogens with one attached hydrogen (secondary N) is 1. The molecule has 0 aliphatic heterocycles.